The van der Waals surface area contributed by atoms with Gasteiger partial charge in [0, 0.05) is 6.42 Å². The molecule has 0 bridgehead atoms. The second-order valence-electron chi connectivity index (χ2n) is 4.59. The summed E-state index contributed by atoms with van der Waals surface area (Å²) in [6, 6.07) is 0. The smallest absolute Gasteiger partial charge is 0.306 e. The van der Waals surface area contributed by atoms with Crippen LogP contribution in [0, 0.1) is 0 Å². The highest BCUT2D eigenvalue weighted by Gasteiger charge is 2.24. The normalized spacial score (nSPS) is 21.3. The molecule has 1 N–H and O–H groups in total. The lowest BCUT2D eigenvalue weighted by atomic mass is 10.1. The topological polar surface area (TPSA) is 64.6 Å². The molecule has 1 unspecified atom stereocenters. The van der Waals surface area contributed by atoms with Crippen LogP contribution < -0.4 is 5.48 Å². The molecule has 0 spiro atoms. The van der Waals surface area contributed by atoms with Crippen LogP contribution in [0.2, 0.25) is 0 Å². The molecule has 0 saturated carbocycles. The van der Waals surface area contributed by atoms with Gasteiger partial charge in [0.1, 0.15) is 5.60 Å². The molecular formula is C10H17NO4. The summed E-state index contributed by atoms with van der Waals surface area (Å²) >= 11 is 0. The number of hydroxylamine groups is 1. The Hall–Kier alpha value is -1.10. The summed E-state index contributed by atoms with van der Waals surface area (Å²) in [5, 5.41) is 0. The molecule has 1 aliphatic rings. The van der Waals surface area contributed by atoms with E-state index in [0.717, 1.165) is 0 Å². The van der Waals surface area contributed by atoms with Crippen molar-refractivity contribution in [2.24, 2.45) is 0 Å². The monoisotopic (exact) mass is 215 g/mol. The number of carbonyl (C=O) groups is 2. The predicted octanol–water partition coefficient (Wildman–Crippen LogP) is 0.928. The Balaban J connectivity index is 2.20. The average molecular weight is 215 g/mol. The maximum atomic E-state index is 11.3. The van der Waals surface area contributed by atoms with Crippen LogP contribution in [0.5, 0.6) is 0 Å². The molecule has 1 atom stereocenters. The summed E-state index contributed by atoms with van der Waals surface area (Å²) in [6.45, 7) is 5.46. The second kappa shape index (κ2) is 4.61. The summed E-state index contributed by atoms with van der Waals surface area (Å²) in [5.41, 5.74) is 1.79. The van der Waals surface area contributed by atoms with Crippen molar-refractivity contribution in [1.29, 1.82) is 0 Å². The second-order valence-corrected chi connectivity index (χ2v) is 4.59. The third-order valence-electron chi connectivity index (χ3n) is 1.84. The average Bonchev–Trinajstić information content (AvgIpc) is 2.45. The molecule has 0 radical (unpaired) electrons. The summed E-state index contributed by atoms with van der Waals surface area (Å²) in [6.07, 6.45) is 0.901. The van der Waals surface area contributed by atoms with Crippen molar-refractivity contribution < 1.29 is 19.2 Å². The van der Waals surface area contributed by atoms with E-state index < -0.39 is 5.60 Å². The molecule has 0 aromatic rings. The van der Waals surface area contributed by atoms with Crippen LogP contribution in [0.1, 0.15) is 40.0 Å². The van der Waals surface area contributed by atoms with Gasteiger partial charge in [-0.3, -0.25) is 14.4 Å². The quantitative estimate of drug-likeness (QED) is 0.711. The van der Waals surface area contributed by atoms with Gasteiger partial charge in [-0.05, 0) is 27.2 Å². The molecule has 86 valence electrons. The standard InChI is InChI=1S/C10H17NO4/c1-10(2,3)14-9(13)5-4-7-6-8(12)11-15-7/h7H,4-6H2,1-3H3,(H,11,12). The third-order valence-corrected chi connectivity index (χ3v) is 1.84. The van der Waals surface area contributed by atoms with Crippen LogP contribution >= 0.6 is 0 Å². The molecule has 1 aliphatic heterocycles. The molecule has 0 aliphatic carbocycles. The van der Waals surface area contributed by atoms with Crippen LogP contribution in [0.25, 0.3) is 0 Å². The SMILES string of the molecule is CC(C)(C)OC(=O)CCC1CC(=O)NO1. The lowest BCUT2D eigenvalue weighted by Crippen LogP contribution is -2.24. The number of ether oxygens (including phenoxy) is 1. The zero-order chi connectivity index (χ0) is 11.5. The van der Waals surface area contributed by atoms with Crippen molar-refractivity contribution >= 4 is 11.9 Å². The Morgan fingerprint density at radius 1 is 1.60 bits per heavy atom. The molecule has 0 aromatic carbocycles. The number of nitrogens with one attached hydrogen (secondary N) is 1. The predicted molar refractivity (Wildman–Crippen MR) is 52.7 cm³/mol. The first-order valence-electron chi connectivity index (χ1n) is 5.03. The fraction of sp³-hybridized carbons (Fsp3) is 0.800. The van der Waals surface area contributed by atoms with Crippen molar-refractivity contribution in [3.05, 3.63) is 0 Å². The van der Waals surface area contributed by atoms with Crippen molar-refractivity contribution in [3.8, 4) is 0 Å². The number of hydrogen-bond acceptors (Lipinski definition) is 4. The molecule has 0 aromatic heterocycles. The Morgan fingerprint density at radius 2 is 2.27 bits per heavy atom. The van der Waals surface area contributed by atoms with Gasteiger partial charge < -0.3 is 4.74 Å². The number of rotatable bonds is 3. The van der Waals surface area contributed by atoms with E-state index in [1.807, 2.05) is 20.8 Å². The first-order valence-corrected chi connectivity index (χ1v) is 5.03. The Morgan fingerprint density at radius 3 is 2.73 bits per heavy atom. The lowest BCUT2D eigenvalue weighted by Gasteiger charge is -2.19. The minimum absolute atomic E-state index is 0.135. The van der Waals surface area contributed by atoms with Gasteiger partial charge in [-0.2, -0.15) is 0 Å². The van der Waals surface area contributed by atoms with Crippen LogP contribution in [0.4, 0.5) is 0 Å². The van der Waals surface area contributed by atoms with Crippen molar-refractivity contribution in [1.82, 2.24) is 5.48 Å². The van der Waals surface area contributed by atoms with E-state index in [4.69, 9.17) is 9.57 Å². The van der Waals surface area contributed by atoms with Crippen LogP contribution in [-0.4, -0.2) is 23.6 Å². The third kappa shape index (κ3) is 4.78. The van der Waals surface area contributed by atoms with Gasteiger partial charge in [-0.25, -0.2) is 5.48 Å². The van der Waals surface area contributed by atoms with E-state index >= 15 is 0 Å². The van der Waals surface area contributed by atoms with E-state index in [-0.39, 0.29) is 24.4 Å². The molecular weight excluding hydrogens is 198 g/mol. The van der Waals surface area contributed by atoms with E-state index in [9.17, 15) is 9.59 Å². The summed E-state index contributed by atoms with van der Waals surface area (Å²) < 4.78 is 5.12. The lowest BCUT2D eigenvalue weighted by molar-refractivity contribution is -0.155. The fourth-order valence-corrected chi connectivity index (χ4v) is 1.27. The van der Waals surface area contributed by atoms with Crippen LogP contribution in [-0.2, 0) is 19.2 Å². The zero-order valence-corrected chi connectivity index (χ0v) is 9.33. The van der Waals surface area contributed by atoms with Gasteiger partial charge in [0.15, 0.2) is 0 Å². The first kappa shape index (κ1) is 12.0. The minimum atomic E-state index is -0.457. The van der Waals surface area contributed by atoms with Crippen molar-refractivity contribution in [2.75, 3.05) is 0 Å². The van der Waals surface area contributed by atoms with Crippen molar-refractivity contribution in [3.63, 3.8) is 0 Å². The maximum Gasteiger partial charge on any atom is 0.306 e. The molecule has 15 heavy (non-hydrogen) atoms. The van der Waals surface area contributed by atoms with E-state index in [1.54, 1.807) is 0 Å². The van der Waals surface area contributed by atoms with E-state index in [2.05, 4.69) is 5.48 Å². The number of carbonyl (C=O) groups excluding carboxylic acids is 2. The van der Waals surface area contributed by atoms with Crippen LogP contribution in [0.3, 0.4) is 0 Å². The molecule has 1 amide bonds. The highest BCUT2D eigenvalue weighted by atomic mass is 16.7. The number of amides is 1. The fourth-order valence-electron chi connectivity index (χ4n) is 1.27. The summed E-state index contributed by atoms with van der Waals surface area (Å²) in [7, 11) is 0. The van der Waals surface area contributed by atoms with Gasteiger partial charge in [-0.1, -0.05) is 0 Å². The maximum absolute atomic E-state index is 11.3. The van der Waals surface area contributed by atoms with Gasteiger partial charge in [0.05, 0.1) is 12.5 Å². The van der Waals surface area contributed by atoms with Gasteiger partial charge in [0.2, 0.25) is 5.91 Å². The zero-order valence-electron chi connectivity index (χ0n) is 9.33. The minimum Gasteiger partial charge on any atom is -0.460 e. The van der Waals surface area contributed by atoms with E-state index in [1.165, 1.54) is 0 Å². The van der Waals surface area contributed by atoms with Gasteiger partial charge >= 0.3 is 5.97 Å². The Labute approximate surface area is 89.1 Å². The van der Waals surface area contributed by atoms with Crippen molar-refractivity contribution in [2.45, 2.75) is 51.7 Å². The highest BCUT2D eigenvalue weighted by Crippen LogP contribution is 2.14. The number of hydrogen-bond donors (Lipinski definition) is 1. The molecule has 5 nitrogen and oxygen atoms in total. The van der Waals surface area contributed by atoms with Gasteiger partial charge in [-0.15, -0.1) is 0 Å². The highest BCUT2D eigenvalue weighted by molar-refractivity contribution is 5.77. The first-order chi connectivity index (χ1) is 6.87. The summed E-state index contributed by atoms with van der Waals surface area (Å²) in [5.74, 6) is -0.394. The summed E-state index contributed by atoms with van der Waals surface area (Å²) in [4.78, 5) is 27.0. The molecule has 1 heterocycles. The molecule has 1 saturated heterocycles. The molecule has 5 heteroatoms. The number of esters is 1. The Bertz CT molecular complexity index is 257. The largest absolute Gasteiger partial charge is 0.460 e. The molecule has 1 rings (SSSR count). The van der Waals surface area contributed by atoms with E-state index in [0.29, 0.717) is 12.8 Å². The molecule has 1 fully saturated rings. The van der Waals surface area contributed by atoms with Crippen LogP contribution in [0.15, 0.2) is 0 Å². The van der Waals surface area contributed by atoms with Gasteiger partial charge in [0.25, 0.3) is 0 Å². The Kier molecular flexibility index (Phi) is 3.68.